The van der Waals surface area contributed by atoms with Gasteiger partial charge in [-0.15, -0.1) is 11.3 Å². The molecule has 1 heterocycles. The Hall–Kier alpha value is -1.39. The summed E-state index contributed by atoms with van der Waals surface area (Å²) in [6.07, 6.45) is 7.41. The Morgan fingerprint density at radius 1 is 1.19 bits per heavy atom. The Labute approximate surface area is 130 Å². The van der Waals surface area contributed by atoms with Crippen molar-refractivity contribution in [2.45, 2.75) is 51.8 Å². The van der Waals surface area contributed by atoms with Crippen LogP contribution >= 0.6 is 11.3 Å². The number of rotatable bonds is 6. The van der Waals surface area contributed by atoms with Crippen LogP contribution < -0.4 is 10.1 Å². The summed E-state index contributed by atoms with van der Waals surface area (Å²) < 4.78 is 5.98. The summed E-state index contributed by atoms with van der Waals surface area (Å²) in [4.78, 5) is 5.55. The van der Waals surface area contributed by atoms with E-state index in [-0.39, 0.29) is 0 Å². The van der Waals surface area contributed by atoms with E-state index in [9.17, 15) is 0 Å². The van der Waals surface area contributed by atoms with Crippen LogP contribution in [-0.4, -0.2) is 11.1 Å². The average Bonchev–Trinajstić information content (AvgIpc) is 3.13. The second kappa shape index (κ2) is 7.05. The number of ether oxygens (including phenoxy) is 1. The minimum atomic E-state index is 0.434. The summed E-state index contributed by atoms with van der Waals surface area (Å²) in [6, 6.07) is 8.47. The molecule has 1 aromatic heterocycles. The van der Waals surface area contributed by atoms with Crippen molar-refractivity contribution in [2.24, 2.45) is 0 Å². The predicted molar refractivity (Wildman–Crippen MR) is 86.7 cm³/mol. The number of aryl methyl sites for hydroxylation is 1. The van der Waals surface area contributed by atoms with Crippen LogP contribution in [0.25, 0.3) is 0 Å². The van der Waals surface area contributed by atoms with E-state index in [0.717, 1.165) is 23.8 Å². The average molecular weight is 302 g/mol. The summed E-state index contributed by atoms with van der Waals surface area (Å²) in [5, 5.41) is 4.58. The van der Waals surface area contributed by atoms with E-state index >= 15 is 0 Å². The molecule has 4 heteroatoms. The van der Waals surface area contributed by atoms with Gasteiger partial charge in [-0.1, -0.05) is 12.1 Å². The minimum Gasteiger partial charge on any atom is -0.490 e. The highest BCUT2D eigenvalue weighted by molar-refractivity contribution is 7.11. The first-order chi connectivity index (χ1) is 10.3. The second-order valence-electron chi connectivity index (χ2n) is 5.62. The Bertz CT molecular complexity index is 558. The first-order valence-corrected chi connectivity index (χ1v) is 8.49. The maximum Gasteiger partial charge on any atom is 0.119 e. The summed E-state index contributed by atoms with van der Waals surface area (Å²) in [5.41, 5.74) is 1.29. The molecule has 21 heavy (non-hydrogen) atoms. The molecular weight excluding hydrogens is 280 g/mol. The Kier molecular flexibility index (Phi) is 4.88. The molecule has 1 N–H and O–H groups in total. The first kappa shape index (κ1) is 14.5. The monoisotopic (exact) mass is 302 g/mol. The molecule has 3 nitrogen and oxygen atoms in total. The lowest BCUT2D eigenvalue weighted by molar-refractivity contribution is 0.210. The third-order valence-corrected chi connectivity index (χ3v) is 4.74. The lowest BCUT2D eigenvalue weighted by atomic mass is 10.2. The van der Waals surface area contributed by atoms with Crippen LogP contribution in [0.15, 0.2) is 30.5 Å². The van der Waals surface area contributed by atoms with Crippen LogP contribution in [0.4, 0.5) is 0 Å². The molecule has 1 aliphatic rings. The van der Waals surface area contributed by atoms with Gasteiger partial charge < -0.3 is 10.1 Å². The van der Waals surface area contributed by atoms with Crippen molar-refractivity contribution in [3.63, 3.8) is 0 Å². The zero-order chi connectivity index (χ0) is 14.5. The van der Waals surface area contributed by atoms with Crippen LogP contribution in [0.5, 0.6) is 5.75 Å². The van der Waals surface area contributed by atoms with Crippen LogP contribution in [-0.2, 0) is 13.1 Å². The molecule has 1 fully saturated rings. The number of nitrogens with zero attached hydrogens (tertiary/aromatic N) is 1. The maximum absolute atomic E-state index is 5.98. The van der Waals surface area contributed by atoms with E-state index in [2.05, 4.69) is 34.6 Å². The molecule has 0 aliphatic heterocycles. The van der Waals surface area contributed by atoms with Gasteiger partial charge >= 0.3 is 0 Å². The molecule has 0 atom stereocenters. The molecule has 2 aromatic rings. The highest BCUT2D eigenvalue weighted by Gasteiger charge is 2.16. The van der Waals surface area contributed by atoms with Gasteiger partial charge in [0.25, 0.3) is 0 Å². The van der Waals surface area contributed by atoms with E-state index in [1.807, 2.05) is 13.1 Å². The van der Waals surface area contributed by atoms with Crippen molar-refractivity contribution in [3.05, 3.63) is 45.9 Å². The molecule has 1 aliphatic carbocycles. The number of hydrogen-bond donors (Lipinski definition) is 1. The molecule has 0 saturated heterocycles. The first-order valence-electron chi connectivity index (χ1n) is 7.67. The molecule has 112 valence electrons. The van der Waals surface area contributed by atoms with Crippen molar-refractivity contribution < 1.29 is 4.74 Å². The normalized spacial score (nSPS) is 15.5. The molecule has 1 saturated carbocycles. The summed E-state index contributed by atoms with van der Waals surface area (Å²) >= 11 is 1.75. The zero-order valence-corrected chi connectivity index (χ0v) is 13.3. The SMILES string of the molecule is Cc1ncc(CNCc2ccc(OC3CCCC3)cc2)s1. The van der Waals surface area contributed by atoms with Crippen molar-refractivity contribution in [2.75, 3.05) is 0 Å². The van der Waals surface area contributed by atoms with Crippen molar-refractivity contribution in [3.8, 4) is 5.75 Å². The molecule has 0 bridgehead atoms. The predicted octanol–water partition coefficient (Wildman–Crippen LogP) is 4.06. The fraction of sp³-hybridized carbons (Fsp3) is 0.471. The van der Waals surface area contributed by atoms with Crippen molar-refractivity contribution in [1.29, 1.82) is 0 Å². The highest BCUT2D eigenvalue weighted by atomic mass is 32.1. The number of thiazole rings is 1. The zero-order valence-electron chi connectivity index (χ0n) is 12.5. The van der Waals surface area contributed by atoms with Crippen molar-refractivity contribution in [1.82, 2.24) is 10.3 Å². The van der Waals surface area contributed by atoms with Gasteiger partial charge in [0.15, 0.2) is 0 Å². The number of nitrogens with one attached hydrogen (secondary N) is 1. The van der Waals surface area contributed by atoms with E-state index in [1.54, 1.807) is 11.3 Å². The van der Waals surface area contributed by atoms with E-state index in [0.29, 0.717) is 6.10 Å². The van der Waals surface area contributed by atoms with E-state index in [4.69, 9.17) is 4.74 Å². The van der Waals surface area contributed by atoms with Gasteiger partial charge in [-0.05, 0) is 50.3 Å². The smallest absolute Gasteiger partial charge is 0.119 e. The fourth-order valence-corrected chi connectivity index (χ4v) is 3.47. The van der Waals surface area contributed by atoms with E-state index in [1.165, 1.54) is 36.1 Å². The summed E-state index contributed by atoms with van der Waals surface area (Å²) in [7, 11) is 0. The van der Waals surface area contributed by atoms with E-state index < -0.39 is 0 Å². The van der Waals surface area contributed by atoms with Crippen LogP contribution in [0, 0.1) is 6.92 Å². The molecule has 3 rings (SSSR count). The molecule has 0 amide bonds. The highest BCUT2D eigenvalue weighted by Crippen LogP contribution is 2.24. The van der Waals surface area contributed by atoms with Gasteiger partial charge in [0.1, 0.15) is 5.75 Å². The topological polar surface area (TPSA) is 34.2 Å². The minimum absolute atomic E-state index is 0.434. The molecular formula is C17H22N2OS. The van der Waals surface area contributed by atoms with Gasteiger partial charge in [0.05, 0.1) is 11.1 Å². The number of hydrogen-bond acceptors (Lipinski definition) is 4. The number of aromatic nitrogens is 1. The van der Waals surface area contributed by atoms with Gasteiger partial charge in [0, 0.05) is 24.2 Å². The second-order valence-corrected chi connectivity index (χ2v) is 6.94. The quantitative estimate of drug-likeness (QED) is 0.873. The Balaban J connectivity index is 1.45. The van der Waals surface area contributed by atoms with Gasteiger partial charge in [-0.2, -0.15) is 0 Å². The molecule has 0 spiro atoms. The standard InChI is InChI=1S/C17H22N2OS/c1-13-19-12-17(21-13)11-18-10-14-6-8-16(9-7-14)20-15-4-2-3-5-15/h6-9,12,15,18H,2-5,10-11H2,1H3. The molecule has 1 aromatic carbocycles. The summed E-state index contributed by atoms with van der Waals surface area (Å²) in [5.74, 6) is 1.00. The lowest BCUT2D eigenvalue weighted by Crippen LogP contribution is -2.12. The van der Waals surface area contributed by atoms with Crippen LogP contribution in [0.3, 0.4) is 0 Å². The van der Waals surface area contributed by atoms with Gasteiger partial charge in [0.2, 0.25) is 0 Å². The molecule has 0 radical (unpaired) electrons. The van der Waals surface area contributed by atoms with Crippen molar-refractivity contribution >= 4 is 11.3 Å². The van der Waals surface area contributed by atoms with Crippen LogP contribution in [0.1, 0.15) is 41.1 Å². The largest absolute Gasteiger partial charge is 0.490 e. The van der Waals surface area contributed by atoms with Gasteiger partial charge in [-0.3, -0.25) is 0 Å². The third kappa shape index (κ3) is 4.29. The van der Waals surface area contributed by atoms with Gasteiger partial charge in [-0.25, -0.2) is 4.98 Å². The van der Waals surface area contributed by atoms with Crippen LogP contribution in [0.2, 0.25) is 0 Å². The summed E-state index contributed by atoms with van der Waals surface area (Å²) in [6.45, 7) is 3.80. The fourth-order valence-electron chi connectivity index (χ4n) is 2.70. The number of benzene rings is 1. The Morgan fingerprint density at radius 2 is 1.95 bits per heavy atom. The molecule has 0 unspecified atom stereocenters. The maximum atomic E-state index is 5.98. The lowest BCUT2D eigenvalue weighted by Gasteiger charge is -2.13. The third-order valence-electron chi connectivity index (χ3n) is 3.83. The Morgan fingerprint density at radius 3 is 2.62 bits per heavy atom.